The zero-order valence-electron chi connectivity index (χ0n) is 7.89. The van der Waals surface area contributed by atoms with Gasteiger partial charge in [-0.1, -0.05) is 0 Å². The Kier molecular flexibility index (Phi) is 1.70. The summed E-state index contributed by atoms with van der Waals surface area (Å²) < 4.78 is 7.45. The smallest absolute Gasteiger partial charge is 0.156 e. The molecule has 0 bridgehead atoms. The van der Waals surface area contributed by atoms with Gasteiger partial charge in [-0.2, -0.15) is 0 Å². The highest BCUT2D eigenvalue weighted by molar-refractivity contribution is 5.23. The van der Waals surface area contributed by atoms with Crippen LogP contribution in [0.4, 0.5) is 0 Å². The maximum Gasteiger partial charge on any atom is 0.156 e. The first kappa shape index (κ1) is 7.88. The predicted molar refractivity (Wildman–Crippen MR) is 51.8 cm³/mol. The van der Waals surface area contributed by atoms with Crippen molar-refractivity contribution in [1.29, 1.82) is 0 Å². The minimum atomic E-state index is 0.414. The molecular formula is C11H13N2O+. The highest BCUT2D eigenvalue weighted by atomic mass is 16.3. The third-order valence-electron chi connectivity index (χ3n) is 2.86. The molecule has 0 aliphatic carbocycles. The summed E-state index contributed by atoms with van der Waals surface area (Å²) in [5.74, 6) is 0. The summed E-state index contributed by atoms with van der Waals surface area (Å²) in [7, 11) is 0. The van der Waals surface area contributed by atoms with Crippen molar-refractivity contribution in [3.8, 4) is 0 Å². The van der Waals surface area contributed by atoms with Crippen molar-refractivity contribution in [3.63, 3.8) is 0 Å². The topological polar surface area (TPSA) is 34.7 Å². The molecule has 0 unspecified atom stereocenters. The summed E-state index contributed by atoms with van der Waals surface area (Å²) in [5, 5.41) is 2.36. The number of fused-ring (bicyclic) bond motifs is 1. The Bertz CT molecular complexity index is 416. The van der Waals surface area contributed by atoms with Gasteiger partial charge in [0.15, 0.2) is 6.04 Å². The molecule has 3 heteroatoms. The van der Waals surface area contributed by atoms with E-state index in [-0.39, 0.29) is 0 Å². The van der Waals surface area contributed by atoms with Gasteiger partial charge in [0, 0.05) is 6.20 Å². The summed E-state index contributed by atoms with van der Waals surface area (Å²) in [6.07, 6.45) is 5.73. The second kappa shape index (κ2) is 3.03. The number of furan rings is 1. The lowest BCUT2D eigenvalue weighted by Gasteiger charge is -2.22. The third-order valence-corrected chi connectivity index (χ3v) is 2.86. The lowest BCUT2D eigenvalue weighted by Crippen LogP contribution is -2.87. The first-order valence-electron chi connectivity index (χ1n) is 4.95. The Morgan fingerprint density at radius 1 is 1.43 bits per heavy atom. The van der Waals surface area contributed by atoms with Crippen LogP contribution in [0, 0.1) is 0 Å². The van der Waals surface area contributed by atoms with E-state index < -0.39 is 0 Å². The summed E-state index contributed by atoms with van der Waals surface area (Å²) in [6.45, 7) is 2.24. The standard InChI is InChI=1S/C11H12N2O/c1-2-10-11(9-3-7-14-8-9)12-4-6-13(10)5-1/h1-3,5,7-8,11-12H,4,6H2/p+1/t11-/m1/s1. The predicted octanol–water partition coefficient (Wildman–Crippen LogP) is 0.747. The zero-order chi connectivity index (χ0) is 9.38. The average Bonchev–Trinajstić information content (AvgIpc) is 2.88. The van der Waals surface area contributed by atoms with E-state index in [0.717, 1.165) is 13.1 Å². The molecule has 0 spiro atoms. The number of nitrogens with two attached hydrogens (primary N) is 1. The Morgan fingerprint density at radius 3 is 3.29 bits per heavy atom. The van der Waals surface area contributed by atoms with Crippen LogP contribution in [0.1, 0.15) is 17.3 Å². The molecule has 0 amide bonds. The number of hydrogen-bond acceptors (Lipinski definition) is 1. The van der Waals surface area contributed by atoms with E-state index in [1.807, 2.05) is 12.3 Å². The summed E-state index contributed by atoms with van der Waals surface area (Å²) in [5.41, 5.74) is 2.63. The van der Waals surface area contributed by atoms with Gasteiger partial charge in [-0.25, -0.2) is 0 Å². The van der Waals surface area contributed by atoms with Gasteiger partial charge in [0.25, 0.3) is 0 Å². The summed E-state index contributed by atoms with van der Waals surface area (Å²) in [6, 6.07) is 6.76. The van der Waals surface area contributed by atoms with Crippen molar-refractivity contribution in [1.82, 2.24) is 4.57 Å². The van der Waals surface area contributed by atoms with Crippen molar-refractivity contribution in [2.45, 2.75) is 12.6 Å². The molecule has 2 N–H and O–H groups in total. The van der Waals surface area contributed by atoms with Crippen LogP contribution in [0.25, 0.3) is 0 Å². The van der Waals surface area contributed by atoms with Gasteiger partial charge in [-0.3, -0.25) is 0 Å². The number of quaternary nitrogens is 1. The van der Waals surface area contributed by atoms with E-state index in [1.165, 1.54) is 11.3 Å². The third kappa shape index (κ3) is 1.09. The van der Waals surface area contributed by atoms with Crippen molar-refractivity contribution in [2.75, 3.05) is 6.54 Å². The molecule has 0 fully saturated rings. The first-order chi connectivity index (χ1) is 6.95. The van der Waals surface area contributed by atoms with E-state index in [2.05, 4.69) is 28.2 Å². The van der Waals surface area contributed by atoms with Gasteiger partial charge in [-0.15, -0.1) is 0 Å². The number of nitrogens with zero attached hydrogens (tertiary/aromatic N) is 1. The molecular weight excluding hydrogens is 176 g/mol. The average molecular weight is 189 g/mol. The highest BCUT2D eigenvalue weighted by Gasteiger charge is 2.24. The molecule has 3 heterocycles. The Hall–Kier alpha value is -1.48. The summed E-state index contributed by atoms with van der Waals surface area (Å²) in [4.78, 5) is 0. The van der Waals surface area contributed by atoms with Crippen molar-refractivity contribution in [2.24, 2.45) is 0 Å². The minimum absolute atomic E-state index is 0.414. The van der Waals surface area contributed by atoms with Crippen LogP contribution in [0.3, 0.4) is 0 Å². The van der Waals surface area contributed by atoms with Gasteiger partial charge in [0.05, 0.1) is 36.9 Å². The molecule has 1 aliphatic rings. The molecule has 1 aliphatic heterocycles. The molecule has 0 saturated carbocycles. The molecule has 2 aromatic rings. The Labute approximate surface area is 82.3 Å². The van der Waals surface area contributed by atoms with Crippen LogP contribution >= 0.6 is 0 Å². The number of aromatic nitrogens is 1. The Morgan fingerprint density at radius 2 is 2.43 bits per heavy atom. The van der Waals surface area contributed by atoms with Crippen LogP contribution in [-0.2, 0) is 6.54 Å². The lowest BCUT2D eigenvalue weighted by atomic mass is 10.1. The van der Waals surface area contributed by atoms with Gasteiger partial charge in [0.1, 0.15) is 0 Å². The summed E-state index contributed by atoms with van der Waals surface area (Å²) >= 11 is 0. The second-order valence-electron chi connectivity index (χ2n) is 3.69. The normalized spacial score (nSPS) is 20.7. The van der Waals surface area contributed by atoms with Crippen LogP contribution in [0.15, 0.2) is 41.3 Å². The molecule has 14 heavy (non-hydrogen) atoms. The van der Waals surface area contributed by atoms with Crippen LogP contribution < -0.4 is 5.32 Å². The fourth-order valence-electron chi connectivity index (χ4n) is 2.17. The molecule has 0 aromatic carbocycles. The molecule has 0 saturated heterocycles. The van der Waals surface area contributed by atoms with E-state index >= 15 is 0 Å². The second-order valence-corrected chi connectivity index (χ2v) is 3.69. The van der Waals surface area contributed by atoms with Crippen LogP contribution in [-0.4, -0.2) is 11.1 Å². The minimum Gasteiger partial charge on any atom is -0.472 e. The molecule has 0 radical (unpaired) electrons. The van der Waals surface area contributed by atoms with E-state index in [0.29, 0.717) is 6.04 Å². The van der Waals surface area contributed by atoms with Crippen molar-refractivity contribution < 1.29 is 9.73 Å². The quantitative estimate of drug-likeness (QED) is 0.705. The SMILES string of the molecule is c1cc2n(c1)CC[NH2+][C@@H]2c1ccoc1. The fraction of sp³-hybridized carbons (Fsp3) is 0.273. The van der Waals surface area contributed by atoms with Gasteiger partial charge in [-0.05, 0) is 18.2 Å². The first-order valence-corrected chi connectivity index (χ1v) is 4.95. The maximum atomic E-state index is 5.13. The van der Waals surface area contributed by atoms with Crippen molar-refractivity contribution >= 4 is 0 Å². The Balaban J connectivity index is 2.04. The lowest BCUT2D eigenvalue weighted by molar-refractivity contribution is -0.693. The van der Waals surface area contributed by atoms with Crippen LogP contribution in [0.5, 0.6) is 0 Å². The number of hydrogen-bond donors (Lipinski definition) is 1. The number of rotatable bonds is 1. The van der Waals surface area contributed by atoms with Crippen LogP contribution in [0.2, 0.25) is 0 Å². The van der Waals surface area contributed by atoms with E-state index in [4.69, 9.17) is 4.42 Å². The molecule has 3 nitrogen and oxygen atoms in total. The fourth-order valence-corrected chi connectivity index (χ4v) is 2.17. The van der Waals surface area contributed by atoms with Gasteiger partial charge in [0.2, 0.25) is 0 Å². The molecule has 2 aromatic heterocycles. The van der Waals surface area contributed by atoms with Gasteiger partial charge >= 0.3 is 0 Å². The van der Waals surface area contributed by atoms with Crippen molar-refractivity contribution in [3.05, 3.63) is 48.2 Å². The monoisotopic (exact) mass is 189 g/mol. The maximum absolute atomic E-state index is 5.13. The van der Waals surface area contributed by atoms with E-state index in [1.54, 1.807) is 6.26 Å². The van der Waals surface area contributed by atoms with E-state index in [9.17, 15) is 0 Å². The highest BCUT2D eigenvalue weighted by Crippen LogP contribution is 2.20. The largest absolute Gasteiger partial charge is 0.472 e. The van der Waals surface area contributed by atoms with Gasteiger partial charge < -0.3 is 14.3 Å². The molecule has 72 valence electrons. The zero-order valence-corrected chi connectivity index (χ0v) is 7.89. The molecule has 1 atom stereocenters. The molecule has 3 rings (SSSR count).